The Bertz CT molecular complexity index is 400. The number of amides is 1. The number of halogens is 1. The molecule has 1 aromatic rings. The molecule has 2 N–H and O–H groups in total. The van der Waals surface area contributed by atoms with Crippen LogP contribution in [0.2, 0.25) is 0 Å². The summed E-state index contributed by atoms with van der Waals surface area (Å²) >= 11 is 0. The molecule has 1 aromatic carbocycles. The maximum Gasteiger partial charge on any atom is 0.253 e. The van der Waals surface area contributed by atoms with Crippen molar-refractivity contribution in [2.24, 2.45) is 0 Å². The molecular formula is C14H22ClN3O. The molecule has 5 heteroatoms. The number of carbonyl (C=O) groups is 1. The molecule has 19 heavy (non-hydrogen) atoms. The molecule has 1 heterocycles. The van der Waals surface area contributed by atoms with Crippen LogP contribution in [0.5, 0.6) is 0 Å². The highest BCUT2D eigenvalue weighted by molar-refractivity contribution is 5.94. The number of carbonyl (C=O) groups excluding carboxylic acids is 1. The minimum atomic E-state index is 0. The number of hydrogen-bond acceptors (Lipinski definition) is 3. The maximum absolute atomic E-state index is 12.2. The molecule has 0 aliphatic carbocycles. The minimum Gasteiger partial charge on any atom is -0.399 e. The van der Waals surface area contributed by atoms with E-state index in [1.807, 2.05) is 4.90 Å². The number of benzene rings is 1. The van der Waals surface area contributed by atoms with Gasteiger partial charge in [-0.25, -0.2) is 0 Å². The molecule has 0 unspecified atom stereocenters. The van der Waals surface area contributed by atoms with Crippen LogP contribution in [0.15, 0.2) is 24.3 Å². The Morgan fingerprint density at radius 3 is 2.26 bits per heavy atom. The fraction of sp³-hybridized carbons (Fsp3) is 0.500. The zero-order chi connectivity index (χ0) is 13.0. The van der Waals surface area contributed by atoms with Gasteiger partial charge in [-0.05, 0) is 37.2 Å². The minimum absolute atomic E-state index is 0. The molecule has 106 valence electrons. The fourth-order valence-corrected chi connectivity index (χ4v) is 2.30. The standard InChI is InChI=1S/C14H21N3O.ClH/c1-2-7-16-8-10-17(11-9-16)14(18)12-3-5-13(15)6-4-12;/h3-6H,2,7-11,15H2,1H3;1H. The van der Waals surface area contributed by atoms with Crippen LogP contribution in [0.4, 0.5) is 5.69 Å². The molecular weight excluding hydrogens is 262 g/mol. The van der Waals surface area contributed by atoms with Crippen LogP contribution in [0.1, 0.15) is 23.7 Å². The average Bonchev–Trinajstić information content (AvgIpc) is 2.40. The molecule has 0 aromatic heterocycles. The molecule has 1 amide bonds. The van der Waals surface area contributed by atoms with Crippen molar-refractivity contribution in [3.63, 3.8) is 0 Å². The van der Waals surface area contributed by atoms with Crippen molar-refractivity contribution in [2.45, 2.75) is 13.3 Å². The van der Waals surface area contributed by atoms with E-state index in [2.05, 4.69) is 11.8 Å². The lowest BCUT2D eigenvalue weighted by molar-refractivity contribution is 0.0637. The molecule has 1 saturated heterocycles. The summed E-state index contributed by atoms with van der Waals surface area (Å²) in [5, 5.41) is 0. The lowest BCUT2D eigenvalue weighted by Crippen LogP contribution is -2.48. The molecule has 0 radical (unpaired) electrons. The second-order valence-corrected chi connectivity index (χ2v) is 4.76. The summed E-state index contributed by atoms with van der Waals surface area (Å²) in [7, 11) is 0. The van der Waals surface area contributed by atoms with Gasteiger partial charge in [0, 0.05) is 37.4 Å². The van der Waals surface area contributed by atoms with E-state index in [0.717, 1.165) is 38.3 Å². The van der Waals surface area contributed by atoms with E-state index in [1.165, 1.54) is 6.42 Å². The van der Waals surface area contributed by atoms with Gasteiger partial charge in [0.15, 0.2) is 0 Å². The number of rotatable bonds is 3. The van der Waals surface area contributed by atoms with Crippen molar-refractivity contribution in [1.82, 2.24) is 9.80 Å². The monoisotopic (exact) mass is 283 g/mol. The molecule has 2 rings (SSSR count). The van der Waals surface area contributed by atoms with Crippen LogP contribution in [-0.4, -0.2) is 48.4 Å². The Hall–Kier alpha value is -1.26. The van der Waals surface area contributed by atoms with Crippen molar-refractivity contribution in [3.8, 4) is 0 Å². The van der Waals surface area contributed by atoms with Gasteiger partial charge in [0.25, 0.3) is 5.91 Å². The highest BCUT2D eigenvalue weighted by Crippen LogP contribution is 2.11. The molecule has 4 nitrogen and oxygen atoms in total. The summed E-state index contributed by atoms with van der Waals surface area (Å²) in [5.74, 6) is 0.117. The predicted molar refractivity (Wildman–Crippen MR) is 80.7 cm³/mol. The summed E-state index contributed by atoms with van der Waals surface area (Å²) in [6.45, 7) is 6.92. The Morgan fingerprint density at radius 1 is 1.16 bits per heavy atom. The number of anilines is 1. The Balaban J connectivity index is 0.00000180. The molecule has 0 spiro atoms. The first-order valence-electron chi connectivity index (χ1n) is 6.58. The van der Waals surface area contributed by atoms with Crippen LogP contribution >= 0.6 is 12.4 Å². The van der Waals surface area contributed by atoms with Crippen LogP contribution in [0.25, 0.3) is 0 Å². The van der Waals surface area contributed by atoms with Gasteiger partial charge < -0.3 is 10.6 Å². The van der Waals surface area contributed by atoms with Gasteiger partial charge in [0.2, 0.25) is 0 Å². The normalized spacial score (nSPS) is 15.9. The lowest BCUT2D eigenvalue weighted by Gasteiger charge is -2.34. The van der Waals surface area contributed by atoms with Crippen molar-refractivity contribution in [1.29, 1.82) is 0 Å². The second kappa shape index (κ2) is 7.36. The zero-order valence-electron chi connectivity index (χ0n) is 11.3. The van der Waals surface area contributed by atoms with Crippen LogP contribution in [-0.2, 0) is 0 Å². The largest absolute Gasteiger partial charge is 0.399 e. The Morgan fingerprint density at radius 2 is 1.74 bits per heavy atom. The van der Waals surface area contributed by atoms with Crippen LogP contribution < -0.4 is 5.73 Å². The van der Waals surface area contributed by atoms with Crippen LogP contribution in [0, 0.1) is 0 Å². The van der Waals surface area contributed by atoms with Crippen molar-refractivity contribution in [2.75, 3.05) is 38.5 Å². The Labute approximate surface area is 121 Å². The van der Waals surface area contributed by atoms with Crippen molar-refractivity contribution in [3.05, 3.63) is 29.8 Å². The quantitative estimate of drug-likeness (QED) is 0.862. The van der Waals surface area contributed by atoms with Crippen LogP contribution in [0.3, 0.4) is 0 Å². The van der Waals surface area contributed by atoms with E-state index in [4.69, 9.17) is 5.73 Å². The summed E-state index contributed by atoms with van der Waals surface area (Å²) in [6, 6.07) is 7.16. The van der Waals surface area contributed by atoms with E-state index in [-0.39, 0.29) is 18.3 Å². The number of nitrogens with zero attached hydrogens (tertiary/aromatic N) is 2. The summed E-state index contributed by atoms with van der Waals surface area (Å²) in [5.41, 5.74) is 7.05. The highest BCUT2D eigenvalue weighted by atomic mass is 35.5. The third-order valence-electron chi connectivity index (χ3n) is 3.36. The Kier molecular flexibility index (Phi) is 6.12. The van der Waals surface area contributed by atoms with Gasteiger partial charge in [0.1, 0.15) is 0 Å². The molecule has 0 atom stereocenters. The third kappa shape index (κ3) is 4.11. The van der Waals surface area contributed by atoms with Crippen molar-refractivity contribution < 1.29 is 4.79 Å². The summed E-state index contributed by atoms with van der Waals surface area (Å²) in [6.07, 6.45) is 1.17. The van der Waals surface area contributed by atoms with Gasteiger partial charge >= 0.3 is 0 Å². The van der Waals surface area contributed by atoms with Gasteiger partial charge in [0.05, 0.1) is 0 Å². The summed E-state index contributed by atoms with van der Waals surface area (Å²) < 4.78 is 0. The molecule has 1 aliphatic rings. The number of hydrogen-bond donors (Lipinski definition) is 1. The lowest BCUT2D eigenvalue weighted by atomic mass is 10.1. The first-order chi connectivity index (χ1) is 8.70. The number of piperazine rings is 1. The number of nitrogens with two attached hydrogens (primary N) is 1. The first-order valence-corrected chi connectivity index (χ1v) is 6.58. The number of nitrogen functional groups attached to an aromatic ring is 1. The first kappa shape index (κ1) is 15.8. The van der Waals surface area contributed by atoms with Gasteiger partial charge in [-0.15, -0.1) is 12.4 Å². The van der Waals surface area contributed by atoms with E-state index < -0.39 is 0 Å². The average molecular weight is 284 g/mol. The fourth-order valence-electron chi connectivity index (χ4n) is 2.30. The third-order valence-corrected chi connectivity index (χ3v) is 3.36. The topological polar surface area (TPSA) is 49.6 Å². The van der Waals surface area contributed by atoms with E-state index in [0.29, 0.717) is 5.69 Å². The van der Waals surface area contributed by atoms with Crippen molar-refractivity contribution >= 4 is 24.0 Å². The van der Waals surface area contributed by atoms with Gasteiger partial charge in [-0.2, -0.15) is 0 Å². The van der Waals surface area contributed by atoms with Gasteiger partial charge in [-0.1, -0.05) is 6.92 Å². The van der Waals surface area contributed by atoms with Gasteiger partial charge in [-0.3, -0.25) is 9.69 Å². The molecule has 0 saturated carbocycles. The highest BCUT2D eigenvalue weighted by Gasteiger charge is 2.21. The van der Waals surface area contributed by atoms with E-state index in [1.54, 1.807) is 24.3 Å². The molecule has 1 fully saturated rings. The maximum atomic E-state index is 12.2. The molecule has 0 bridgehead atoms. The summed E-state index contributed by atoms with van der Waals surface area (Å²) in [4.78, 5) is 16.6. The smallest absolute Gasteiger partial charge is 0.253 e. The second-order valence-electron chi connectivity index (χ2n) is 4.76. The molecule has 1 aliphatic heterocycles. The SMILES string of the molecule is CCCN1CCN(C(=O)c2ccc(N)cc2)CC1.Cl. The van der Waals surface area contributed by atoms with E-state index >= 15 is 0 Å². The predicted octanol–water partition coefficient (Wildman–Crippen LogP) is 1.86. The zero-order valence-corrected chi connectivity index (χ0v) is 12.2. The van der Waals surface area contributed by atoms with E-state index in [9.17, 15) is 4.79 Å².